The van der Waals surface area contributed by atoms with Crippen molar-refractivity contribution < 1.29 is 4.92 Å². The molecule has 7 nitrogen and oxygen atoms in total. The fraction of sp³-hybridized carbons (Fsp3) is 0.0526. The lowest BCUT2D eigenvalue weighted by atomic mass is 9.88. The summed E-state index contributed by atoms with van der Waals surface area (Å²) in [5.41, 5.74) is 2.73. The van der Waals surface area contributed by atoms with Crippen LogP contribution in [-0.4, -0.2) is 14.9 Å². The van der Waals surface area contributed by atoms with Crippen molar-refractivity contribution in [3.05, 3.63) is 103 Å². The summed E-state index contributed by atoms with van der Waals surface area (Å²) in [6.07, 6.45) is 1.94. The smallest absolute Gasteiger partial charge is 0.269 e. The third-order valence-electron chi connectivity index (χ3n) is 4.43. The average Bonchev–Trinajstić information content (AvgIpc) is 2.67. The summed E-state index contributed by atoms with van der Waals surface area (Å²) in [6, 6.07) is 15.9. The van der Waals surface area contributed by atoms with Crippen LogP contribution in [0, 0.1) is 14.9 Å². The fourth-order valence-corrected chi connectivity index (χ4v) is 3.36. The normalized spacial score (nSPS) is 15.4. The number of H-pyrrole nitrogens is 2. The number of hydrogen-bond donors (Lipinski definition) is 3. The van der Waals surface area contributed by atoms with E-state index in [-0.39, 0.29) is 21.9 Å². The van der Waals surface area contributed by atoms with Gasteiger partial charge in [-0.2, -0.15) is 0 Å². The molecule has 0 radical (unpaired) electrons. The van der Waals surface area contributed by atoms with Crippen molar-refractivity contribution in [1.82, 2.24) is 9.97 Å². The summed E-state index contributed by atoms with van der Waals surface area (Å²) < 4.78 is 0.225. The summed E-state index contributed by atoms with van der Waals surface area (Å²) in [5.74, 6) is 0.140. The molecule has 1 atom stereocenters. The number of nitrogens with zero attached hydrogens (tertiary/aromatic N) is 1. The number of allylic oxidation sites excluding steroid dienone is 1. The van der Waals surface area contributed by atoms with Gasteiger partial charge in [-0.05, 0) is 29.4 Å². The van der Waals surface area contributed by atoms with E-state index in [1.165, 1.54) is 12.1 Å². The Morgan fingerprint density at radius 2 is 1.70 bits per heavy atom. The van der Waals surface area contributed by atoms with Gasteiger partial charge in [0.15, 0.2) is 4.77 Å². The van der Waals surface area contributed by atoms with Crippen LogP contribution in [0.15, 0.2) is 65.5 Å². The number of aromatic nitrogens is 2. The zero-order valence-corrected chi connectivity index (χ0v) is 14.7. The first-order valence-corrected chi connectivity index (χ1v) is 8.59. The molecule has 2 heterocycles. The summed E-state index contributed by atoms with van der Waals surface area (Å²) in [7, 11) is 0. The lowest BCUT2D eigenvalue weighted by molar-refractivity contribution is -0.384. The maximum absolute atomic E-state index is 12.6. The zero-order valence-electron chi connectivity index (χ0n) is 13.9. The number of hydrogen-bond acceptors (Lipinski definition) is 5. The molecule has 1 unspecified atom stereocenters. The van der Waals surface area contributed by atoms with Crippen LogP contribution in [0.5, 0.6) is 0 Å². The van der Waals surface area contributed by atoms with E-state index in [4.69, 9.17) is 12.2 Å². The predicted octanol–water partition coefficient (Wildman–Crippen LogP) is 3.94. The van der Waals surface area contributed by atoms with Crippen molar-refractivity contribution in [2.24, 2.45) is 0 Å². The molecule has 0 saturated carbocycles. The molecule has 2 aromatic carbocycles. The summed E-state index contributed by atoms with van der Waals surface area (Å²) in [5, 5.41) is 14.2. The molecule has 3 aromatic rings. The Hall–Kier alpha value is -3.52. The van der Waals surface area contributed by atoms with Crippen molar-refractivity contribution in [3.63, 3.8) is 0 Å². The molecule has 0 bridgehead atoms. The molecule has 0 spiro atoms. The molecular formula is C19H14N4O3S. The molecular weight excluding hydrogens is 364 g/mol. The molecule has 1 aromatic heterocycles. The third-order valence-corrected chi connectivity index (χ3v) is 4.64. The van der Waals surface area contributed by atoms with Crippen molar-refractivity contribution in [2.75, 3.05) is 5.32 Å². The number of aromatic amines is 2. The molecule has 1 aliphatic rings. The van der Waals surface area contributed by atoms with Crippen molar-refractivity contribution in [2.45, 2.75) is 5.92 Å². The highest BCUT2D eigenvalue weighted by atomic mass is 32.1. The van der Waals surface area contributed by atoms with E-state index in [1.807, 2.05) is 36.4 Å². The van der Waals surface area contributed by atoms with Gasteiger partial charge in [0.1, 0.15) is 5.82 Å². The molecule has 0 aliphatic carbocycles. The van der Waals surface area contributed by atoms with Crippen LogP contribution in [-0.2, 0) is 0 Å². The van der Waals surface area contributed by atoms with E-state index in [2.05, 4.69) is 15.3 Å². The Balaban J connectivity index is 1.89. The van der Waals surface area contributed by atoms with Gasteiger partial charge in [0.25, 0.3) is 11.2 Å². The fourth-order valence-electron chi connectivity index (χ4n) is 3.17. The number of benzene rings is 2. The maximum atomic E-state index is 12.6. The molecule has 0 saturated heterocycles. The first-order chi connectivity index (χ1) is 13.0. The van der Waals surface area contributed by atoms with Crippen LogP contribution < -0.4 is 10.9 Å². The second kappa shape index (κ2) is 6.65. The van der Waals surface area contributed by atoms with Crippen LogP contribution in [0.1, 0.15) is 22.6 Å². The van der Waals surface area contributed by atoms with Gasteiger partial charge in [-0.1, -0.05) is 42.5 Å². The first-order valence-electron chi connectivity index (χ1n) is 8.18. The maximum Gasteiger partial charge on any atom is 0.269 e. The number of anilines is 1. The largest absolute Gasteiger partial charge is 0.341 e. The second-order valence-electron chi connectivity index (χ2n) is 6.09. The van der Waals surface area contributed by atoms with Crippen LogP contribution in [0.4, 0.5) is 11.5 Å². The van der Waals surface area contributed by atoms with Crippen LogP contribution in [0.25, 0.3) is 5.70 Å². The SMILES string of the molecule is O=c1[nH]c(=S)[nH]c2c1C(c1ccc([N+](=O)[O-])cc1)C=C(c1ccccc1)N2. The third kappa shape index (κ3) is 3.18. The van der Waals surface area contributed by atoms with Crippen LogP contribution >= 0.6 is 12.2 Å². The van der Waals surface area contributed by atoms with Gasteiger partial charge in [0, 0.05) is 23.7 Å². The Labute approximate surface area is 158 Å². The standard InChI is InChI=1S/C19H14N4O3S/c24-18-16-14(11-6-8-13(9-7-11)23(25)26)10-15(12-4-2-1-3-5-12)20-17(16)21-19(27)22-18/h1-10,14H,(H3,20,21,22,24,27). The number of non-ortho nitro benzene ring substituents is 1. The van der Waals surface area contributed by atoms with E-state index in [1.54, 1.807) is 12.1 Å². The highest BCUT2D eigenvalue weighted by Gasteiger charge is 2.26. The van der Waals surface area contributed by atoms with Gasteiger partial charge >= 0.3 is 0 Å². The molecule has 1 aliphatic heterocycles. The van der Waals surface area contributed by atoms with Crippen molar-refractivity contribution >= 4 is 29.4 Å². The highest BCUT2D eigenvalue weighted by molar-refractivity contribution is 7.71. The van der Waals surface area contributed by atoms with Gasteiger partial charge in [0.2, 0.25) is 0 Å². The summed E-state index contributed by atoms with van der Waals surface area (Å²) in [6.45, 7) is 0. The van der Waals surface area contributed by atoms with Gasteiger partial charge in [-0.15, -0.1) is 0 Å². The Morgan fingerprint density at radius 1 is 1.00 bits per heavy atom. The van der Waals surface area contributed by atoms with Gasteiger partial charge in [-0.3, -0.25) is 19.9 Å². The minimum atomic E-state index is -0.449. The molecule has 0 fully saturated rings. The molecule has 8 heteroatoms. The minimum absolute atomic E-state index is 0.00143. The number of nitrogens with one attached hydrogen (secondary N) is 3. The number of nitro benzene ring substituents is 1. The molecule has 134 valence electrons. The zero-order chi connectivity index (χ0) is 19.0. The van der Waals surface area contributed by atoms with Gasteiger partial charge in [0.05, 0.1) is 10.5 Å². The van der Waals surface area contributed by atoms with E-state index >= 15 is 0 Å². The van der Waals surface area contributed by atoms with Crippen molar-refractivity contribution in [3.8, 4) is 0 Å². The topological polar surface area (TPSA) is 104 Å². The van der Waals surface area contributed by atoms with Crippen LogP contribution in [0.3, 0.4) is 0 Å². The lowest BCUT2D eigenvalue weighted by Crippen LogP contribution is -2.24. The van der Waals surface area contributed by atoms with E-state index in [0.29, 0.717) is 11.4 Å². The average molecular weight is 378 g/mol. The van der Waals surface area contributed by atoms with Crippen molar-refractivity contribution in [1.29, 1.82) is 0 Å². The monoisotopic (exact) mass is 378 g/mol. The Kier molecular flexibility index (Phi) is 4.17. The van der Waals surface area contributed by atoms with Gasteiger partial charge < -0.3 is 10.3 Å². The molecule has 27 heavy (non-hydrogen) atoms. The lowest BCUT2D eigenvalue weighted by Gasteiger charge is -2.25. The minimum Gasteiger partial charge on any atom is -0.341 e. The predicted molar refractivity (Wildman–Crippen MR) is 105 cm³/mol. The molecule has 4 rings (SSSR count). The van der Waals surface area contributed by atoms with E-state index < -0.39 is 4.92 Å². The second-order valence-corrected chi connectivity index (χ2v) is 6.50. The van der Waals surface area contributed by atoms with E-state index in [9.17, 15) is 14.9 Å². The number of nitro groups is 1. The van der Waals surface area contributed by atoms with Crippen LogP contribution in [0.2, 0.25) is 0 Å². The molecule has 3 N–H and O–H groups in total. The number of fused-ring (bicyclic) bond motifs is 1. The Morgan fingerprint density at radius 3 is 2.37 bits per heavy atom. The van der Waals surface area contributed by atoms with Gasteiger partial charge in [-0.25, -0.2) is 0 Å². The molecule has 0 amide bonds. The van der Waals surface area contributed by atoms with E-state index in [0.717, 1.165) is 16.8 Å². The summed E-state index contributed by atoms with van der Waals surface area (Å²) in [4.78, 5) is 28.7. The quantitative estimate of drug-likeness (QED) is 0.364. The highest BCUT2D eigenvalue weighted by Crippen LogP contribution is 2.36. The first kappa shape index (κ1) is 16.9. The number of rotatable bonds is 3. The Bertz CT molecular complexity index is 1160. The summed E-state index contributed by atoms with van der Waals surface area (Å²) >= 11 is 5.10.